The zero-order valence-electron chi connectivity index (χ0n) is 10.3. The molecule has 0 atom stereocenters. The molecule has 0 saturated carbocycles. The molecule has 0 radical (unpaired) electrons. The van der Waals surface area contributed by atoms with Crippen LogP contribution < -0.4 is 5.32 Å². The summed E-state index contributed by atoms with van der Waals surface area (Å²) >= 11 is 0. The number of ether oxygens (including phenoxy) is 1. The molecule has 15 heavy (non-hydrogen) atoms. The van der Waals surface area contributed by atoms with Crippen molar-refractivity contribution < 1.29 is 4.74 Å². The molecule has 1 aromatic rings. The van der Waals surface area contributed by atoms with Crippen LogP contribution in [0.25, 0.3) is 0 Å². The van der Waals surface area contributed by atoms with E-state index in [1.165, 1.54) is 0 Å². The third kappa shape index (κ3) is 3.23. The molecule has 1 N–H and O–H groups in total. The van der Waals surface area contributed by atoms with E-state index >= 15 is 0 Å². The van der Waals surface area contributed by atoms with Crippen molar-refractivity contribution in [3.05, 3.63) is 11.9 Å². The van der Waals surface area contributed by atoms with Gasteiger partial charge in [0.2, 0.25) is 5.95 Å². The van der Waals surface area contributed by atoms with Gasteiger partial charge in [-0.25, -0.2) is 4.98 Å². The lowest BCUT2D eigenvalue weighted by molar-refractivity contribution is 0.00857. The zero-order chi connectivity index (χ0) is 11.5. The van der Waals surface area contributed by atoms with Gasteiger partial charge in [0.1, 0.15) is 0 Å². The van der Waals surface area contributed by atoms with Crippen molar-refractivity contribution in [3.8, 4) is 0 Å². The smallest absolute Gasteiger partial charge is 0.203 e. The monoisotopic (exact) mass is 211 g/mol. The lowest BCUT2D eigenvalue weighted by Crippen LogP contribution is -2.29. The first kappa shape index (κ1) is 12.0. The average molecular weight is 211 g/mol. The van der Waals surface area contributed by atoms with Crippen LogP contribution in [-0.2, 0) is 11.3 Å². The number of anilines is 1. The van der Waals surface area contributed by atoms with E-state index in [0.29, 0.717) is 0 Å². The van der Waals surface area contributed by atoms with Gasteiger partial charge in [-0.05, 0) is 27.7 Å². The quantitative estimate of drug-likeness (QED) is 0.810. The summed E-state index contributed by atoms with van der Waals surface area (Å²) in [6.07, 6.45) is 2.04. The van der Waals surface area contributed by atoms with Gasteiger partial charge in [0.25, 0.3) is 0 Å². The number of hydrogen-bond acceptors (Lipinski definition) is 3. The fourth-order valence-corrected chi connectivity index (χ4v) is 1.44. The zero-order valence-corrected chi connectivity index (χ0v) is 10.3. The molecule has 1 heterocycles. The van der Waals surface area contributed by atoms with Crippen LogP contribution >= 0.6 is 0 Å². The molecule has 0 aliphatic heterocycles. The van der Waals surface area contributed by atoms with Crippen molar-refractivity contribution in [2.75, 3.05) is 19.0 Å². The highest BCUT2D eigenvalue weighted by Gasteiger charge is 2.19. The van der Waals surface area contributed by atoms with Crippen LogP contribution in [0.2, 0.25) is 0 Å². The lowest BCUT2D eigenvalue weighted by Gasteiger charge is -2.24. The second-order valence-corrected chi connectivity index (χ2v) is 4.33. The number of aromatic nitrogens is 2. The number of imidazole rings is 1. The largest absolute Gasteiger partial charge is 0.377 e. The van der Waals surface area contributed by atoms with Crippen LogP contribution in [0.4, 0.5) is 5.95 Å². The molecule has 0 aliphatic rings. The molecular weight excluding hydrogens is 190 g/mol. The van der Waals surface area contributed by atoms with Crippen LogP contribution in [-0.4, -0.2) is 28.8 Å². The predicted octanol–water partition coefficient (Wildman–Crippen LogP) is 2.05. The van der Waals surface area contributed by atoms with E-state index in [4.69, 9.17) is 4.74 Å². The van der Waals surface area contributed by atoms with Gasteiger partial charge >= 0.3 is 0 Å². The SMILES string of the molecule is CCNc1nc(C)cn1CC(C)(C)OC. The van der Waals surface area contributed by atoms with Gasteiger partial charge in [-0.1, -0.05) is 0 Å². The molecule has 86 valence electrons. The van der Waals surface area contributed by atoms with E-state index in [2.05, 4.69) is 35.6 Å². The van der Waals surface area contributed by atoms with E-state index in [1.807, 2.05) is 13.1 Å². The van der Waals surface area contributed by atoms with Gasteiger partial charge in [0, 0.05) is 19.9 Å². The Balaban J connectivity index is 2.83. The summed E-state index contributed by atoms with van der Waals surface area (Å²) in [5, 5.41) is 3.24. The number of hydrogen-bond donors (Lipinski definition) is 1. The molecule has 0 fully saturated rings. The van der Waals surface area contributed by atoms with E-state index in [0.717, 1.165) is 24.7 Å². The Morgan fingerprint density at radius 3 is 2.73 bits per heavy atom. The second-order valence-electron chi connectivity index (χ2n) is 4.33. The summed E-state index contributed by atoms with van der Waals surface area (Å²) in [6, 6.07) is 0. The number of aryl methyl sites for hydroxylation is 1. The normalized spacial score (nSPS) is 11.8. The molecule has 0 aliphatic carbocycles. The van der Waals surface area contributed by atoms with Gasteiger partial charge in [-0.2, -0.15) is 0 Å². The topological polar surface area (TPSA) is 39.1 Å². The van der Waals surface area contributed by atoms with Crippen LogP contribution in [0.15, 0.2) is 6.20 Å². The second kappa shape index (κ2) is 4.66. The molecule has 0 aromatic carbocycles. The third-order valence-corrected chi connectivity index (χ3v) is 2.34. The first-order chi connectivity index (χ1) is 6.98. The first-order valence-electron chi connectivity index (χ1n) is 5.31. The Hall–Kier alpha value is -1.03. The Morgan fingerprint density at radius 2 is 2.20 bits per heavy atom. The highest BCUT2D eigenvalue weighted by atomic mass is 16.5. The van der Waals surface area contributed by atoms with Crippen molar-refractivity contribution in [3.63, 3.8) is 0 Å². The van der Waals surface area contributed by atoms with Gasteiger partial charge in [-0.3, -0.25) is 0 Å². The average Bonchev–Trinajstić information content (AvgIpc) is 2.47. The first-order valence-corrected chi connectivity index (χ1v) is 5.31. The molecule has 0 saturated heterocycles. The molecule has 0 unspecified atom stereocenters. The summed E-state index contributed by atoms with van der Waals surface area (Å²) in [5.74, 6) is 0.917. The van der Waals surface area contributed by atoms with Crippen LogP contribution in [0.3, 0.4) is 0 Å². The van der Waals surface area contributed by atoms with Gasteiger partial charge < -0.3 is 14.6 Å². The Bertz CT molecular complexity index is 318. The van der Waals surface area contributed by atoms with Crippen molar-refractivity contribution in [1.29, 1.82) is 0 Å². The Labute approximate surface area is 91.7 Å². The molecule has 4 heteroatoms. The van der Waals surface area contributed by atoms with E-state index < -0.39 is 0 Å². The number of nitrogens with zero attached hydrogens (tertiary/aromatic N) is 2. The molecule has 4 nitrogen and oxygen atoms in total. The fraction of sp³-hybridized carbons (Fsp3) is 0.727. The minimum atomic E-state index is -0.169. The molecule has 1 rings (SSSR count). The van der Waals surface area contributed by atoms with Crippen LogP contribution in [0, 0.1) is 6.92 Å². The van der Waals surface area contributed by atoms with Crippen molar-refractivity contribution in [1.82, 2.24) is 9.55 Å². The minimum absolute atomic E-state index is 0.169. The Kier molecular flexibility index (Phi) is 3.74. The maximum Gasteiger partial charge on any atom is 0.203 e. The number of nitrogens with one attached hydrogen (secondary N) is 1. The van der Waals surface area contributed by atoms with Crippen molar-refractivity contribution in [2.24, 2.45) is 0 Å². The van der Waals surface area contributed by atoms with Crippen molar-refractivity contribution in [2.45, 2.75) is 39.8 Å². The highest BCUT2D eigenvalue weighted by Crippen LogP contribution is 2.16. The Morgan fingerprint density at radius 1 is 1.53 bits per heavy atom. The molecule has 0 bridgehead atoms. The van der Waals surface area contributed by atoms with Gasteiger partial charge in [-0.15, -0.1) is 0 Å². The summed E-state index contributed by atoms with van der Waals surface area (Å²) in [7, 11) is 1.73. The minimum Gasteiger partial charge on any atom is -0.377 e. The maximum atomic E-state index is 5.41. The van der Waals surface area contributed by atoms with E-state index in [-0.39, 0.29) is 5.60 Å². The third-order valence-electron chi connectivity index (χ3n) is 2.34. The van der Waals surface area contributed by atoms with Crippen LogP contribution in [0.1, 0.15) is 26.5 Å². The van der Waals surface area contributed by atoms with Gasteiger partial charge in [0.05, 0.1) is 17.8 Å². The molecule has 0 spiro atoms. The number of rotatable bonds is 5. The molecule has 0 amide bonds. The van der Waals surface area contributed by atoms with Crippen LogP contribution in [0.5, 0.6) is 0 Å². The van der Waals surface area contributed by atoms with Gasteiger partial charge in [0.15, 0.2) is 0 Å². The molecular formula is C11H21N3O. The molecule has 1 aromatic heterocycles. The summed E-state index contributed by atoms with van der Waals surface area (Å²) in [6.45, 7) is 9.87. The predicted molar refractivity (Wildman–Crippen MR) is 62.2 cm³/mol. The van der Waals surface area contributed by atoms with Crippen molar-refractivity contribution >= 4 is 5.95 Å². The standard InChI is InChI=1S/C11H21N3O/c1-6-12-10-13-9(2)7-14(10)8-11(3,4)15-5/h7H,6,8H2,1-5H3,(H,12,13). The maximum absolute atomic E-state index is 5.41. The summed E-state index contributed by atoms with van der Waals surface area (Å²) in [5.41, 5.74) is 0.856. The summed E-state index contributed by atoms with van der Waals surface area (Å²) < 4.78 is 7.51. The fourth-order valence-electron chi connectivity index (χ4n) is 1.44. The summed E-state index contributed by atoms with van der Waals surface area (Å²) in [4.78, 5) is 4.42. The number of methoxy groups -OCH3 is 1. The van der Waals surface area contributed by atoms with E-state index in [1.54, 1.807) is 7.11 Å². The van der Waals surface area contributed by atoms with E-state index in [9.17, 15) is 0 Å². The highest BCUT2D eigenvalue weighted by molar-refractivity contribution is 5.28. The lowest BCUT2D eigenvalue weighted by atomic mass is 10.1.